The number of carbonyl (C=O) groups is 2. The van der Waals surface area contributed by atoms with E-state index in [1.165, 1.54) is 6.92 Å². The molecule has 0 aliphatic heterocycles. The Labute approximate surface area is 121 Å². The maximum absolute atomic E-state index is 10.7. The molecular weight excluding hydrogens is 252 g/mol. The maximum Gasteiger partial charge on any atom is 0.303 e. The second-order valence-corrected chi connectivity index (χ2v) is 4.17. The summed E-state index contributed by atoms with van der Waals surface area (Å²) in [5, 5.41) is 0. The molecule has 1 atom stereocenters. The molecule has 0 bridgehead atoms. The molecule has 1 unspecified atom stereocenters. The van der Waals surface area contributed by atoms with Gasteiger partial charge in [-0.1, -0.05) is 49.5 Å². The highest BCUT2D eigenvalue weighted by atomic mass is 16.5. The Kier molecular flexibility index (Phi) is 12.2. The molecule has 0 N–H and O–H groups in total. The van der Waals surface area contributed by atoms with E-state index in [-0.39, 0.29) is 0 Å². The zero-order chi connectivity index (χ0) is 15.1. The Bertz CT molecular complexity index is 376. The molecule has 0 rings (SSSR count). The predicted molar refractivity (Wildman–Crippen MR) is 82.3 cm³/mol. The van der Waals surface area contributed by atoms with Crippen molar-refractivity contribution in [3.63, 3.8) is 0 Å². The van der Waals surface area contributed by atoms with Crippen molar-refractivity contribution < 1.29 is 14.3 Å². The lowest BCUT2D eigenvalue weighted by Crippen LogP contribution is -2.14. The first kappa shape index (κ1) is 18.1. The summed E-state index contributed by atoms with van der Waals surface area (Å²) in [5.74, 6) is -0.454. The molecule has 0 aromatic carbocycles. The predicted octanol–water partition coefficient (Wildman–Crippen LogP) is 3.92. The Morgan fingerprint density at radius 1 is 0.950 bits per heavy atom. The Morgan fingerprint density at radius 2 is 1.45 bits per heavy atom. The number of esters is 1. The number of rotatable bonds is 10. The van der Waals surface area contributed by atoms with Crippen molar-refractivity contribution in [2.75, 3.05) is 0 Å². The topological polar surface area (TPSA) is 43.4 Å². The summed E-state index contributed by atoms with van der Waals surface area (Å²) in [6.45, 7) is 3.40. The van der Waals surface area contributed by atoms with Crippen molar-refractivity contribution in [2.45, 2.75) is 45.6 Å². The van der Waals surface area contributed by atoms with Crippen LogP contribution >= 0.6 is 0 Å². The molecule has 3 nitrogen and oxygen atoms in total. The Hall–Kier alpha value is -1.90. The summed E-state index contributed by atoms with van der Waals surface area (Å²) < 4.78 is 4.76. The number of aldehydes is 1. The molecule has 0 amide bonds. The highest BCUT2D eigenvalue weighted by molar-refractivity contribution is 5.71. The summed E-state index contributed by atoms with van der Waals surface area (Å²) in [6.07, 6.45) is 19.5. The molecule has 3 heteroatoms. The standard InChI is InChI=1S/C17H24O3/c1-3-4-5-6-7-8-9-10-11-12-13-14-17(15-18)20-16(2)19/h4-5,7-8,10-11,13-15,17H,3,6,9,12H2,1-2H3/b5-4-,8-7-,11-10-,14-13-. The van der Waals surface area contributed by atoms with Crippen LogP contribution < -0.4 is 0 Å². The Morgan fingerprint density at radius 3 is 1.90 bits per heavy atom. The average Bonchev–Trinajstić information content (AvgIpc) is 2.43. The highest BCUT2D eigenvalue weighted by Crippen LogP contribution is 1.97. The molecule has 0 radical (unpaired) electrons. The molecule has 0 heterocycles. The van der Waals surface area contributed by atoms with E-state index in [1.54, 1.807) is 6.08 Å². The van der Waals surface area contributed by atoms with Gasteiger partial charge in [-0.15, -0.1) is 0 Å². The van der Waals surface area contributed by atoms with E-state index in [9.17, 15) is 9.59 Å². The van der Waals surface area contributed by atoms with Gasteiger partial charge in [0.15, 0.2) is 12.4 Å². The fourth-order valence-corrected chi connectivity index (χ4v) is 1.40. The quantitative estimate of drug-likeness (QED) is 0.345. The number of allylic oxidation sites excluding steroid dienone is 7. The molecule has 20 heavy (non-hydrogen) atoms. The van der Waals surface area contributed by atoms with Crippen LogP contribution in [0.25, 0.3) is 0 Å². The molecule has 0 aromatic rings. The third-order valence-corrected chi connectivity index (χ3v) is 2.31. The molecule has 0 spiro atoms. The van der Waals surface area contributed by atoms with Crippen molar-refractivity contribution in [3.8, 4) is 0 Å². The average molecular weight is 276 g/mol. The summed E-state index contributed by atoms with van der Waals surface area (Å²) in [6, 6.07) is 0. The lowest BCUT2D eigenvalue weighted by molar-refractivity contribution is -0.146. The SMILES string of the molecule is CC/C=C\C/C=C\C/C=C\C/C=C\C(C=O)OC(C)=O. The first-order chi connectivity index (χ1) is 9.70. The number of ether oxygens (including phenoxy) is 1. The first-order valence-electron chi connectivity index (χ1n) is 6.94. The number of hydrogen-bond acceptors (Lipinski definition) is 3. The van der Waals surface area contributed by atoms with Crippen LogP contribution in [0, 0.1) is 0 Å². The van der Waals surface area contributed by atoms with Gasteiger partial charge >= 0.3 is 5.97 Å². The van der Waals surface area contributed by atoms with E-state index in [1.807, 2.05) is 12.2 Å². The van der Waals surface area contributed by atoms with Crippen LogP contribution in [0.2, 0.25) is 0 Å². The van der Waals surface area contributed by atoms with Gasteiger partial charge in [0.2, 0.25) is 0 Å². The normalized spacial score (nSPS) is 13.7. The van der Waals surface area contributed by atoms with Crippen LogP contribution in [0.1, 0.15) is 39.5 Å². The van der Waals surface area contributed by atoms with Crippen LogP contribution in [-0.4, -0.2) is 18.4 Å². The zero-order valence-corrected chi connectivity index (χ0v) is 12.3. The molecular formula is C17H24O3. The second kappa shape index (κ2) is 13.5. The third kappa shape index (κ3) is 12.6. The lowest BCUT2D eigenvalue weighted by atomic mass is 10.2. The van der Waals surface area contributed by atoms with Crippen LogP contribution in [0.3, 0.4) is 0 Å². The van der Waals surface area contributed by atoms with Crippen LogP contribution in [0.15, 0.2) is 48.6 Å². The van der Waals surface area contributed by atoms with Crippen molar-refractivity contribution in [1.82, 2.24) is 0 Å². The number of hydrogen-bond donors (Lipinski definition) is 0. The molecule has 0 aliphatic rings. The monoisotopic (exact) mass is 276 g/mol. The molecule has 0 saturated heterocycles. The van der Waals surface area contributed by atoms with Gasteiger partial charge < -0.3 is 4.74 Å². The van der Waals surface area contributed by atoms with Crippen molar-refractivity contribution in [1.29, 1.82) is 0 Å². The summed E-state index contributed by atoms with van der Waals surface area (Å²) >= 11 is 0. The fourth-order valence-electron chi connectivity index (χ4n) is 1.40. The smallest absolute Gasteiger partial charge is 0.303 e. The van der Waals surface area contributed by atoms with Gasteiger partial charge in [0.05, 0.1) is 0 Å². The fraction of sp³-hybridized carbons (Fsp3) is 0.412. The van der Waals surface area contributed by atoms with Crippen LogP contribution in [0.4, 0.5) is 0 Å². The van der Waals surface area contributed by atoms with E-state index < -0.39 is 12.1 Å². The molecule has 110 valence electrons. The van der Waals surface area contributed by atoms with Gasteiger partial charge in [0.1, 0.15) is 0 Å². The van der Waals surface area contributed by atoms with Crippen molar-refractivity contribution >= 4 is 12.3 Å². The summed E-state index contributed by atoms with van der Waals surface area (Å²) in [7, 11) is 0. The maximum atomic E-state index is 10.7. The van der Waals surface area contributed by atoms with Gasteiger partial charge in [-0.05, 0) is 31.8 Å². The van der Waals surface area contributed by atoms with E-state index >= 15 is 0 Å². The van der Waals surface area contributed by atoms with Gasteiger partial charge in [-0.25, -0.2) is 0 Å². The summed E-state index contributed by atoms with van der Waals surface area (Å²) in [5.41, 5.74) is 0. The van der Waals surface area contributed by atoms with E-state index in [2.05, 4.69) is 37.3 Å². The van der Waals surface area contributed by atoms with Crippen LogP contribution in [-0.2, 0) is 14.3 Å². The second-order valence-electron chi connectivity index (χ2n) is 4.17. The van der Waals surface area contributed by atoms with Gasteiger partial charge in [-0.2, -0.15) is 0 Å². The van der Waals surface area contributed by atoms with Gasteiger partial charge in [0.25, 0.3) is 0 Å². The number of carbonyl (C=O) groups excluding carboxylic acids is 2. The van der Waals surface area contributed by atoms with E-state index in [0.29, 0.717) is 6.29 Å². The minimum Gasteiger partial charge on any atom is -0.451 e. The lowest BCUT2D eigenvalue weighted by Gasteiger charge is -2.03. The van der Waals surface area contributed by atoms with Crippen molar-refractivity contribution in [2.24, 2.45) is 0 Å². The minimum atomic E-state index is -0.772. The van der Waals surface area contributed by atoms with Crippen LogP contribution in [0.5, 0.6) is 0 Å². The largest absolute Gasteiger partial charge is 0.451 e. The summed E-state index contributed by atoms with van der Waals surface area (Å²) in [4.78, 5) is 21.3. The highest BCUT2D eigenvalue weighted by Gasteiger charge is 2.04. The van der Waals surface area contributed by atoms with Gasteiger partial charge in [0, 0.05) is 6.92 Å². The molecule has 0 saturated carbocycles. The first-order valence-corrected chi connectivity index (χ1v) is 6.94. The molecule has 0 fully saturated rings. The minimum absolute atomic E-state index is 0.454. The Balaban J connectivity index is 3.76. The van der Waals surface area contributed by atoms with Crippen molar-refractivity contribution in [3.05, 3.63) is 48.6 Å². The molecule has 0 aliphatic carbocycles. The molecule has 0 aromatic heterocycles. The van der Waals surface area contributed by atoms with E-state index in [4.69, 9.17) is 4.74 Å². The zero-order valence-electron chi connectivity index (χ0n) is 12.3. The van der Waals surface area contributed by atoms with E-state index in [0.717, 1.165) is 25.7 Å². The van der Waals surface area contributed by atoms with Gasteiger partial charge in [-0.3, -0.25) is 9.59 Å². The third-order valence-electron chi connectivity index (χ3n) is 2.31.